The summed E-state index contributed by atoms with van der Waals surface area (Å²) >= 11 is 0. The van der Waals surface area contributed by atoms with E-state index in [0.717, 1.165) is 0 Å². The second-order valence-corrected chi connectivity index (χ2v) is 4.33. The van der Waals surface area contributed by atoms with Crippen LogP contribution in [0.2, 0.25) is 0 Å². The van der Waals surface area contributed by atoms with E-state index < -0.39 is 17.7 Å². The molecule has 1 atom stereocenters. The second kappa shape index (κ2) is 5.07. The average Bonchev–Trinajstić information content (AvgIpc) is 2.80. The number of carbonyl (C=O) groups excluding carboxylic acids is 3. The number of benzene rings is 1. The number of nitrogens with two attached hydrogens (primary N) is 2. The normalized spacial score (nSPS) is 18.5. The lowest BCUT2D eigenvalue weighted by Crippen LogP contribution is -2.31. The van der Waals surface area contributed by atoms with Gasteiger partial charge in [-0.25, -0.2) is 5.84 Å². The molecule has 19 heavy (non-hydrogen) atoms. The Morgan fingerprint density at radius 2 is 2.11 bits per heavy atom. The summed E-state index contributed by atoms with van der Waals surface area (Å²) < 4.78 is 0. The minimum Gasteiger partial charge on any atom is -0.369 e. The molecule has 3 amide bonds. The zero-order chi connectivity index (χ0) is 14.0. The molecule has 2 rings (SSSR count). The number of hydrogen-bond acceptors (Lipinski definition) is 4. The van der Waals surface area contributed by atoms with E-state index in [9.17, 15) is 14.4 Å². The molecular formula is C12H14N4O3. The lowest BCUT2D eigenvalue weighted by Gasteiger charge is -2.16. The highest BCUT2D eigenvalue weighted by Crippen LogP contribution is 2.25. The van der Waals surface area contributed by atoms with Crippen molar-refractivity contribution in [2.75, 3.05) is 11.4 Å². The maximum Gasteiger partial charge on any atom is 0.265 e. The highest BCUT2D eigenvalue weighted by molar-refractivity contribution is 6.01. The first-order valence-electron chi connectivity index (χ1n) is 5.73. The van der Waals surface area contributed by atoms with Gasteiger partial charge >= 0.3 is 0 Å². The second-order valence-electron chi connectivity index (χ2n) is 4.33. The Balaban J connectivity index is 2.25. The van der Waals surface area contributed by atoms with E-state index in [1.54, 1.807) is 24.3 Å². The summed E-state index contributed by atoms with van der Waals surface area (Å²) in [5.74, 6) is 3.44. The Morgan fingerprint density at radius 3 is 2.68 bits per heavy atom. The maximum absolute atomic E-state index is 11.8. The van der Waals surface area contributed by atoms with Crippen LogP contribution in [0.1, 0.15) is 16.8 Å². The SMILES string of the molecule is NNC(=O)c1cccc(N2CC(C(N)=O)CC2=O)c1. The van der Waals surface area contributed by atoms with Crippen LogP contribution in [0, 0.1) is 5.92 Å². The number of nitrogens with one attached hydrogen (secondary N) is 1. The summed E-state index contributed by atoms with van der Waals surface area (Å²) in [6.45, 7) is 0.238. The van der Waals surface area contributed by atoms with Gasteiger partial charge in [0.05, 0.1) is 5.92 Å². The maximum atomic E-state index is 11.8. The third-order valence-corrected chi connectivity index (χ3v) is 3.08. The van der Waals surface area contributed by atoms with Crippen LogP contribution in [0.15, 0.2) is 24.3 Å². The van der Waals surface area contributed by atoms with Gasteiger partial charge in [0.2, 0.25) is 11.8 Å². The molecule has 0 saturated carbocycles. The van der Waals surface area contributed by atoms with Crippen molar-refractivity contribution in [1.29, 1.82) is 0 Å². The number of amides is 3. The quantitative estimate of drug-likeness (QED) is 0.372. The van der Waals surface area contributed by atoms with Gasteiger partial charge in [-0.1, -0.05) is 6.07 Å². The minimum absolute atomic E-state index is 0.0998. The van der Waals surface area contributed by atoms with Crippen molar-refractivity contribution in [2.24, 2.45) is 17.5 Å². The number of nitrogen functional groups attached to an aromatic ring is 1. The van der Waals surface area contributed by atoms with Gasteiger partial charge in [0.1, 0.15) is 0 Å². The van der Waals surface area contributed by atoms with Crippen LogP contribution in [0.3, 0.4) is 0 Å². The zero-order valence-electron chi connectivity index (χ0n) is 10.1. The Hall–Kier alpha value is -2.41. The molecule has 100 valence electrons. The smallest absolute Gasteiger partial charge is 0.265 e. The van der Waals surface area contributed by atoms with Crippen LogP contribution in [0.5, 0.6) is 0 Å². The van der Waals surface area contributed by atoms with Crippen LogP contribution >= 0.6 is 0 Å². The topological polar surface area (TPSA) is 119 Å². The van der Waals surface area contributed by atoms with Crippen molar-refractivity contribution in [3.8, 4) is 0 Å². The van der Waals surface area contributed by atoms with Crippen molar-refractivity contribution in [3.63, 3.8) is 0 Å². The van der Waals surface area contributed by atoms with Gasteiger partial charge in [-0.15, -0.1) is 0 Å². The number of hydrogen-bond donors (Lipinski definition) is 3. The third kappa shape index (κ3) is 2.55. The monoisotopic (exact) mass is 262 g/mol. The van der Waals surface area contributed by atoms with E-state index in [-0.39, 0.29) is 18.9 Å². The summed E-state index contributed by atoms with van der Waals surface area (Å²) in [5.41, 5.74) is 8.12. The van der Waals surface area contributed by atoms with Gasteiger partial charge in [0, 0.05) is 24.2 Å². The first kappa shape index (κ1) is 13.0. The molecule has 7 nitrogen and oxygen atoms in total. The summed E-state index contributed by atoms with van der Waals surface area (Å²) in [6.07, 6.45) is 0.0998. The average molecular weight is 262 g/mol. The van der Waals surface area contributed by atoms with Crippen LogP contribution < -0.4 is 21.9 Å². The van der Waals surface area contributed by atoms with Gasteiger partial charge in [0.15, 0.2) is 0 Å². The lowest BCUT2D eigenvalue weighted by molar-refractivity contribution is -0.123. The standard InChI is InChI=1S/C12H14N4O3/c13-11(18)8-5-10(17)16(6-8)9-3-1-2-7(4-9)12(19)15-14/h1-4,8H,5-6,14H2,(H2,13,18)(H,15,19). The molecule has 0 aromatic heterocycles. The molecule has 1 aromatic rings. The van der Waals surface area contributed by atoms with Crippen molar-refractivity contribution < 1.29 is 14.4 Å². The van der Waals surface area contributed by atoms with Gasteiger partial charge in [-0.3, -0.25) is 19.8 Å². The number of anilines is 1. The molecule has 1 aromatic carbocycles. The minimum atomic E-state index is -0.494. The predicted molar refractivity (Wildman–Crippen MR) is 67.8 cm³/mol. The lowest BCUT2D eigenvalue weighted by atomic mass is 10.1. The zero-order valence-corrected chi connectivity index (χ0v) is 10.1. The molecule has 0 radical (unpaired) electrons. The van der Waals surface area contributed by atoms with E-state index in [1.165, 1.54) is 4.90 Å². The van der Waals surface area contributed by atoms with E-state index in [2.05, 4.69) is 0 Å². The first-order chi connectivity index (χ1) is 9.02. The predicted octanol–water partition coefficient (Wildman–Crippen LogP) is -0.872. The number of hydrazine groups is 1. The Morgan fingerprint density at radius 1 is 1.37 bits per heavy atom. The van der Waals surface area contributed by atoms with Crippen molar-refractivity contribution in [3.05, 3.63) is 29.8 Å². The molecule has 1 fully saturated rings. The van der Waals surface area contributed by atoms with Crippen LogP contribution in [0.25, 0.3) is 0 Å². The Kier molecular flexibility index (Phi) is 3.48. The van der Waals surface area contributed by atoms with Gasteiger partial charge in [-0.2, -0.15) is 0 Å². The number of carbonyl (C=O) groups is 3. The fraction of sp³-hybridized carbons (Fsp3) is 0.250. The highest BCUT2D eigenvalue weighted by Gasteiger charge is 2.34. The molecule has 0 spiro atoms. The summed E-state index contributed by atoms with van der Waals surface area (Å²) in [6, 6.07) is 6.46. The number of rotatable bonds is 3. The molecule has 7 heteroatoms. The van der Waals surface area contributed by atoms with E-state index >= 15 is 0 Å². The van der Waals surface area contributed by atoms with Crippen LogP contribution in [0.4, 0.5) is 5.69 Å². The van der Waals surface area contributed by atoms with Gasteiger partial charge in [0.25, 0.3) is 5.91 Å². The molecule has 1 aliphatic heterocycles. The highest BCUT2D eigenvalue weighted by atomic mass is 16.2. The van der Waals surface area contributed by atoms with Crippen molar-refractivity contribution >= 4 is 23.4 Å². The molecule has 0 bridgehead atoms. The summed E-state index contributed by atoms with van der Waals surface area (Å²) in [7, 11) is 0. The fourth-order valence-corrected chi connectivity index (χ4v) is 2.05. The Labute approximate surface area is 109 Å². The van der Waals surface area contributed by atoms with Gasteiger partial charge < -0.3 is 10.6 Å². The van der Waals surface area contributed by atoms with Crippen LogP contribution in [-0.2, 0) is 9.59 Å². The van der Waals surface area contributed by atoms with Crippen molar-refractivity contribution in [2.45, 2.75) is 6.42 Å². The fourth-order valence-electron chi connectivity index (χ4n) is 2.05. The molecule has 0 aliphatic carbocycles. The van der Waals surface area contributed by atoms with Crippen LogP contribution in [-0.4, -0.2) is 24.3 Å². The third-order valence-electron chi connectivity index (χ3n) is 3.08. The molecule has 1 unspecified atom stereocenters. The molecule has 5 N–H and O–H groups in total. The van der Waals surface area contributed by atoms with E-state index in [0.29, 0.717) is 11.3 Å². The Bertz CT molecular complexity index is 544. The molecule has 1 heterocycles. The summed E-state index contributed by atoms with van der Waals surface area (Å²) in [5, 5.41) is 0. The van der Waals surface area contributed by atoms with E-state index in [1.807, 2.05) is 5.43 Å². The number of nitrogens with zero attached hydrogens (tertiary/aromatic N) is 1. The largest absolute Gasteiger partial charge is 0.369 e. The first-order valence-corrected chi connectivity index (χ1v) is 5.73. The van der Waals surface area contributed by atoms with Gasteiger partial charge in [-0.05, 0) is 18.2 Å². The van der Waals surface area contributed by atoms with E-state index in [4.69, 9.17) is 11.6 Å². The molecule has 1 aliphatic rings. The number of primary amides is 1. The molecular weight excluding hydrogens is 248 g/mol. The molecule has 1 saturated heterocycles. The van der Waals surface area contributed by atoms with Crippen molar-refractivity contribution in [1.82, 2.24) is 5.43 Å². The summed E-state index contributed by atoms with van der Waals surface area (Å²) in [4.78, 5) is 35.8.